The van der Waals surface area contributed by atoms with E-state index in [2.05, 4.69) is 16.5 Å². The van der Waals surface area contributed by atoms with E-state index in [9.17, 15) is 23.8 Å². The van der Waals surface area contributed by atoms with Crippen LogP contribution >= 0.6 is 15.2 Å². The molecule has 1 heterocycles. The lowest BCUT2D eigenvalue weighted by Crippen LogP contribution is -2.31. The maximum Gasteiger partial charge on any atom is 0.369 e. The summed E-state index contributed by atoms with van der Waals surface area (Å²) < 4.78 is 22.1. The fourth-order valence-corrected chi connectivity index (χ4v) is 3.29. The molecule has 0 aliphatic carbocycles. The molecule has 0 saturated heterocycles. The van der Waals surface area contributed by atoms with Crippen LogP contribution < -0.4 is 11.5 Å². The van der Waals surface area contributed by atoms with Gasteiger partial charge in [-0.15, -0.1) is 0 Å². The van der Waals surface area contributed by atoms with Crippen LogP contribution in [0.5, 0.6) is 0 Å². The molecule has 0 unspecified atom stereocenters. The summed E-state index contributed by atoms with van der Waals surface area (Å²) in [7, 11) is -10.8. The number of carboxylic acids is 2. The van der Waals surface area contributed by atoms with Gasteiger partial charge in [-0.3, -0.25) is 23.7 Å². The van der Waals surface area contributed by atoms with Gasteiger partial charge in [0.05, 0.1) is 13.1 Å². The van der Waals surface area contributed by atoms with Gasteiger partial charge >= 0.3 is 27.1 Å². The standard InChI is InChI=1S/C7H11NO7P2.2C2H5NO2/c9-7(16(10,11)12,17(13,14)15)4-6-2-1-3-8-5-6;2*3-1-2(4)5/h1-3,5,9H,4H2,(H2,10,11,12)(H2,13,14,15);2*1,3H2,(H,4,5). The summed E-state index contributed by atoms with van der Waals surface area (Å²) >= 11 is 0. The van der Waals surface area contributed by atoms with Crippen molar-refractivity contribution in [3.8, 4) is 0 Å². The van der Waals surface area contributed by atoms with Gasteiger partial charge in [-0.1, -0.05) is 6.07 Å². The zero-order valence-electron chi connectivity index (χ0n) is 13.7. The number of carbonyl (C=O) groups is 2. The van der Waals surface area contributed by atoms with Crippen LogP contribution in [0.1, 0.15) is 5.56 Å². The van der Waals surface area contributed by atoms with Crippen LogP contribution in [0.2, 0.25) is 0 Å². The topological polar surface area (TPSA) is 275 Å². The molecule has 1 rings (SSSR count). The molecule has 0 radical (unpaired) electrons. The molecule has 1 aromatic rings. The Morgan fingerprint density at radius 1 is 1.00 bits per heavy atom. The van der Waals surface area contributed by atoms with Crippen LogP contribution in [0.15, 0.2) is 24.5 Å². The van der Waals surface area contributed by atoms with Crippen molar-refractivity contribution in [1.82, 2.24) is 4.98 Å². The van der Waals surface area contributed by atoms with Gasteiger partial charge in [0.2, 0.25) is 0 Å². The van der Waals surface area contributed by atoms with Gasteiger partial charge in [0, 0.05) is 18.8 Å². The SMILES string of the molecule is NCC(=O)O.NCC(=O)O.O=P(O)(O)C(O)(Cc1cccnc1)P(=O)(O)O. The second kappa shape index (κ2) is 11.9. The summed E-state index contributed by atoms with van der Waals surface area (Å²) in [6, 6.07) is 2.75. The molecule has 156 valence electrons. The summed E-state index contributed by atoms with van der Waals surface area (Å²) in [6.45, 7) is -0.556. The Balaban J connectivity index is 0. The smallest absolute Gasteiger partial charge is 0.369 e. The van der Waals surface area contributed by atoms with Gasteiger partial charge in [-0.25, -0.2) is 0 Å². The van der Waals surface area contributed by atoms with Crippen LogP contribution in [0, 0.1) is 0 Å². The van der Waals surface area contributed by atoms with E-state index in [0.29, 0.717) is 0 Å². The number of aliphatic hydroxyl groups is 1. The second-order valence-electron chi connectivity index (χ2n) is 4.60. The van der Waals surface area contributed by atoms with Crippen molar-refractivity contribution < 1.29 is 53.6 Å². The molecule has 0 aromatic carbocycles. The molecule has 0 aliphatic heterocycles. The highest BCUT2D eigenvalue weighted by atomic mass is 31.2. The number of hydrogen-bond acceptors (Lipinski definition) is 8. The number of nitrogens with zero attached hydrogens (tertiary/aromatic N) is 1. The van der Waals surface area contributed by atoms with Crippen LogP contribution in [0.25, 0.3) is 0 Å². The van der Waals surface area contributed by atoms with E-state index in [4.69, 9.17) is 29.8 Å². The van der Waals surface area contributed by atoms with Gasteiger partial charge in [0.15, 0.2) is 0 Å². The molecule has 0 atom stereocenters. The van der Waals surface area contributed by atoms with Gasteiger partial charge in [-0.05, 0) is 11.6 Å². The van der Waals surface area contributed by atoms with Crippen molar-refractivity contribution in [2.75, 3.05) is 13.1 Å². The average Bonchev–Trinajstić information content (AvgIpc) is 2.54. The number of nitrogens with two attached hydrogens (primary N) is 2. The fourth-order valence-electron chi connectivity index (χ4n) is 1.15. The first-order valence-corrected chi connectivity index (χ1v) is 9.91. The minimum atomic E-state index is -5.41. The molecule has 0 saturated carbocycles. The summed E-state index contributed by atoms with van der Waals surface area (Å²) in [5, 5.41) is 21.4. The molecule has 0 fully saturated rings. The van der Waals surface area contributed by atoms with Crippen molar-refractivity contribution in [3.63, 3.8) is 0 Å². The summed E-state index contributed by atoms with van der Waals surface area (Å²) in [5.74, 6) is -1.94. The van der Waals surface area contributed by atoms with Gasteiger partial charge in [0.25, 0.3) is 5.08 Å². The van der Waals surface area contributed by atoms with E-state index in [1.54, 1.807) is 0 Å². The predicted octanol–water partition coefficient (Wildman–Crippen LogP) is -2.31. The first-order valence-electron chi connectivity index (χ1n) is 6.68. The van der Waals surface area contributed by atoms with E-state index in [-0.39, 0.29) is 18.7 Å². The molecule has 0 spiro atoms. The average molecular weight is 433 g/mol. The molecule has 27 heavy (non-hydrogen) atoms. The molecule has 1 aromatic heterocycles. The Bertz CT molecular complexity index is 652. The zero-order valence-corrected chi connectivity index (χ0v) is 15.5. The van der Waals surface area contributed by atoms with Crippen LogP contribution in [-0.2, 0) is 25.1 Å². The lowest BCUT2D eigenvalue weighted by molar-refractivity contribution is -0.136. The fraction of sp³-hybridized carbons (Fsp3) is 0.364. The van der Waals surface area contributed by atoms with E-state index >= 15 is 0 Å². The number of hydrogen-bond donors (Lipinski definition) is 9. The van der Waals surface area contributed by atoms with Crippen molar-refractivity contribution in [2.45, 2.75) is 11.5 Å². The highest BCUT2D eigenvalue weighted by molar-refractivity contribution is 7.72. The maximum absolute atomic E-state index is 11.0. The van der Waals surface area contributed by atoms with Crippen molar-refractivity contribution in [1.29, 1.82) is 0 Å². The van der Waals surface area contributed by atoms with E-state index in [0.717, 1.165) is 6.20 Å². The number of pyridine rings is 1. The summed E-state index contributed by atoms with van der Waals surface area (Å²) in [6.07, 6.45) is 1.63. The highest BCUT2D eigenvalue weighted by Gasteiger charge is 2.59. The molecule has 11 N–H and O–H groups in total. The minimum absolute atomic E-state index is 0.0988. The first kappa shape index (κ1) is 27.5. The lowest BCUT2D eigenvalue weighted by atomic mass is 10.2. The Morgan fingerprint density at radius 3 is 1.59 bits per heavy atom. The lowest BCUT2D eigenvalue weighted by Gasteiger charge is -2.29. The Labute approximate surface area is 152 Å². The number of aromatic nitrogens is 1. The molecule has 16 heteroatoms. The van der Waals surface area contributed by atoms with E-state index in [1.807, 2.05) is 0 Å². The minimum Gasteiger partial charge on any atom is -0.480 e. The Morgan fingerprint density at radius 2 is 1.37 bits per heavy atom. The first-order chi connectivity index (χ1) is 12.1. The molecule has 14 nitrogen and oxygen atoms in total. The monoisotopic (exact) mass is 433 g/mol. The summed E-state index contributed by atoms with van der Waals surface area (Å²) in [5.41, 5.74) is 9.24. The predicted molar refractivity (Wildman–Crippen MR) is 90.4 cm³/mol. The zero-order chi connectivity index (χ0) is 21.9. The normalized spacial score (nSPS) is 11.4. The third kappa shape index (κ3) is 10.9. The number of rotatable bonds is 6. The highest BCUT2D eigenvalue weighted by Crippen LogP contribution is 2.68. The second-order valence-corrected chi connectivity index (χ2v) is 8.60. The number of carboxylic acid groups (broad SMARTS) is 2. The Kier molecular flexibility index (Phi) is 12.1. The van der Waals surface area contributed by atoms with Crippen LogP contribution in [0.4, 0.5) is 0 Å². The quantitative estimate of drug-likeness (QED) is 0.213. The molecule has 0 bridgehead atoms. The Hall–Kier alpha value is -1.73. The van der Waals surface area contributed by atoms with E-state index in [1.165, 1.54) is 18.3 Å². The third-order valence-electron chi connectivity index (χ3n) is 2.45. The van der Waals surface area contributed by atoms with Gasteiger partial charge < -0.3 is 46.4 Å². The van der Waals surface area contributed by atoms with Crippen molar-refractivity contribution in [3.05, 3.63) is 30.1 Å². The molecular formula is C11H21N3O11P2. The van der Waals surface area contributed by atoms with Gasteiger partial charge in [-0.2, -0.15) is 0 Å². The van der Waals surface area contributed by atoms with Crippen LogP contribution in [-0.4, -0.2) is 70.0 Å². The molecule has 0 aliphatic rings. The molecule has 0 amide bonds. The van der Waals surface area contributed by atoms with Crippen molar-refractivity contribution >= 4 is 27.1 Å². The maximum atomic E-state index is 11.0. The van der Waals surface area contributed by atoms with Crippen molar-refractivity contribution in [2.24, 2.45) is 11.5 Å². The van der Waals surface area contributed by atoms with Crippen LogP contribution in [0.3, 0.4) is 0 Å². The molecular weight excluding hydrogens is 412 g/mol. The van der Waals surface area contributed by atoms with Gasteiger partial charge in [0.1, 0.15) is 0 Å². The third-order valence-corrected chi connectivity index (χ3v) is 6.19. The van der Waals surface area contributed by atoms with E-state index < -0.39 is 38.6 Å². The largest absolute Gasteiger partial charge is 0.480 e. The summed E-state index contributed by atoms with van der Waals surface area (Å²) in [4.78, 5) is 57.6. The number of aliphatic carboxylic acids is 2.